The number of carbonyl (C=O) groups excluding carboxylic acids is 3. The molecule has 3 heterocycles. The van der Waals surface area contributed by atoms with Crippen LogP contribution in [0.1, 0.15) is 65.9 Å². The molecule has 0 aromatic heterocycles. The zero-order valence-corrected chi connectivity index (χ0v) is 21.8. The van der Waals surface area contributed by atoms with Gasteiger partial charge in [-0.2, -0.15) is 0 Å². The highest BCUT2D eigenvalue weighted by Gasteiger charge is 2.42. The molecule has 0 spiro atoms. The van der Waals surface area contributed by atoms with E-state index in [-0.39, 0.29) is 48.6 Å². The summed E-state index contributed by atoms with van der Waals surface area (Å²) in [6.45, 7) is 1.53. The number of carbonyl (C=O) groups is 3. The third-order valence-corrected chi connectivity index (χ3v) is 8.41. The van der Waals surface area contributed by atoms with E-state index >= 15 is 0 Å². The first kappa shape index (κ1) is 26.6. The lowest BCUT2D eigenvalue weighted by molar-refractivity contribution is -0.275. The molecule has 3 amide bonds. The van der Waals surface area contributed by atoms with E-state index in [1.54, 1.807) is 30.3 Å². The molecule has 212 valence electrons. The predicted molar refractivity (Wildman–Crippen MR) is 137 cm³/mol. The number of amides is 3. The van der Waals surface area contributed by atoms with Crippen molar-refractivity contribution in [2.24, 2.45) is 0 Å². The van der Waals surface area contributed by atoms with Crippen LogP contribution in [0.25, 0.3) is 0 Å². The van der Waals surface area contributed by atoms with Gasteiger partial charge in [0.1, 0.15) is 23.6 Å². The van der Waals surface area contributed by atoms with Crippen molar-refractivity contribution in [3.05, 3.63) is 59.2 Å². The van der Waals surface area contributed by atoms with Crippen molar-refractivity contribution in [2.45, 2.75) is 75.5 Å². The topological polar surface area (TPSA) is 88.2 Å². The van der Waals surface area contributed by atoms with Gasteiger partial charge in [0.25, 0.3) is 5.91 Å². The number of nitrogens with zero attached hydrogens (tertiary/aromatic N) is 2. The molecule has 2 aromatic rings. The summed E-state index contributed by atoms with van der Waals surface area (Å²) in [6, 6.07) is 11.2. The van der Waals surface area contributed by atoms with E-state index in [2.05, 4.69) is 15.0 Å². The first-order chi connectivity index (χ1) is 19.2. The van der Waals surface area contributed by atoms with Gasteiger partial charge in [0, 0.05) is 49.1 Å². The van der Waals surface area contributed by atoms with Crippen molar-refractivity contribution in [3.63, 3.8) is 0 Å². The average molecular weight is 558 g/mol. The van der Waals surface area contributed by atoms with Crippen molar-refractivity contribution >= 4 is 17.7 Å². The minimum atomic E-state index is -4.73. The Hall–Kier alpha value is -3.60. The third kappa shape index (κ3) is 5.26. The van der Waals surface area contributed by atoms with E-state index in [1.807, 2.05) is 6.07 Å². The van der Waals surface area contributed by atoms with Crippen molar-refractivity contribution < 1.29 is 37.0 Å². The van der Waals surface area contributed by atoms with Gasteiger partial charge in [0.15, 0.2) is 0 Å². The summed E-state index contributed by atoms with van der Waals surface area (Å²) < 4.78 is 49.4. The van der Waals surface area contributed by atoms with E-state index in [4.69, 9.17) is 4.74 Å². The zero-order chi connectivity index (χ0) is 28.0. The molecule has 0 radical (unpaired) electrons. The Bertz CT molecular complexity index is 1330. The predicted octanol–water partition coefficient (Wildman–Crippen LogP) is 4.14. The molecule has 3 fully saturated rings. The fourth-order valence-corrected chi connectivity index (χ4v) is 6.45. The van der Waals surface area contributed by atoms with Crippen LogP contribution >= 0.6 is 0 Å². The standard InChI is InChI=1S/C29H30F3N3O5/c30-29(31,32)40-24-7-3-1-5-20(24)18-14-34(15-18)22-6-2-4-8-25(22)39-19-9-10-21-17(13-19)16-35(28(21)38)23-11-12-26(36)33-27(23)37/h1,3,5,7,9-10,13,18,22-23,25H,2,4,6,8,11-12,14-16H2,(H,33,36,37)/t22-,23?,25+/m0/s1. The quantitative estimate of drug-likeness (QED) is 0.538. The minimum Gasteiger partial charge on any atom is -0.489 e. The smallest absolute Gasteiger partial charge is 0.489 e. The van der Waals surface area contributed by atoms with Gasteiger partial charge in [0.2, 0.25) is 11.8 Å². The normalized spacial score (nSPS) is 25.8. The SMILES string of the molecule is O=C1CCC(N2Cc3cc(O[C@@H]4CCCC[C@@H]4N4CC(c5ccccc5OC(F)(F)F)C4)ccc3C2=O)C(=O)N1. The summed E-state index contributed by atoms with van der Waals surface area (Å²) in [5, 5.41) is 2.31. The second kappa shape index (κ2) is 10.4. The maximum absolute atomic E-state index is 13.0. The first-order valence-electron chi connectivity index (χ1n) is 13.7. The van der Waals surface area contributed by atoms with E-state index in [9.17, 15) is 27.6 Å². The van der Waals surface area contributed by atoms with E-state index < -0.39 is 18.3 Å². The van der Waals surface area contributed by atoms with Gasteiger partial charge in [-0.05, 0) is 55.5 Å². The van der Waals surface area contributed by atoms with Crippen LogP contribution in [0.5, 0.6) is 11.5 Å². The number of para-hydroxylation sites is 1. The Morgan fingerprint density at radius 2 is 1.73 bits per heavy atom. The lowest BCUT2D eigenvalue weighted by Gasteiger charge is -2.48. The molecule has 1 saturated carbocycles. The third-order valence-electron chi connectivity index (χ3n) is 8.41. The number of fused-ring (bicyclic) bond motifs is 1. The molecule has 6 rings (SSSR count). The lowest BCUT2D eigenvalue weighted by Crippen LogP contribution is -2.57. The summed E-state index contributed by atoms with van der Waals surface area (Å²) >= 11 is 0. The molecule has 2 saturated heterocycles. The molecular weight excluding hydrogens is 527 g/mol. The first-order valence-corrected chi connectivity index (χ1v) is 13.7. The second-order valence-electron chi connectivity index (χ2n) is 11.0. The number of piperidine rings is 1. The number of halogens is 3. The molecule has 3 aliphatic heterocycles. The van der Waals surface area contributed by atoms with Gasteiger partial charge in [-0.1, -0.05) is 24.6 Å². The van der Waals surface area contributed by atoms with Crippen LogP contribution in [0.3, 0.4) is 0 Å². The minimum absolute atomic E-state index is 0.0506. The van der Waals surface area contributed by atoms with Gasteiger partial charge >= 0.3 is 6.36 Å². The molecule has 1 unspecified atom stereocenters. The van der Waals surface area contributed by atoms with E-state index in [0.717, 1.165) is 31.2 Å². The Morgan fingerprint density at radius 3 is 2.50 bits per heavy atom. The Kier molecular flexibility index (Phi) is 6.93. The van der Waals surface area contributed by atoms with E-state index in [0.29, 0.717) is 36.4 Å². The number of hydrogen-bond donors (Lipinski definition) is 1. The number of rotatable bonds is 6. The Balaban J connectivity index is 1.11. The summed E-state index contributed by atoms with van der Waals surface area (Å²) in [5.41, 5.74) is 1.88. The van der Waals surface area contributed by atoms with Crippen LogP contribution in [0.2, 0.25) is 0 Å². The van der Waals surface area contributed by atoms with Crippen molar-refractivity contribution in [1.82, 2.24) is 15.1 Å². The number of hydrogen-bond acceptors (Lipinski definition) is 6. The molecule has 8 nitrogen and oxygen atoms in total. The number of alkyl halides is 3. The second-order valence-corrected chi connectivity index (χ2v) is 11.0. The van der Waals surface area contributed by atoms with Crippen LogP contribution < -0.4 is 14.8 Å². The average Bonchev–Trinajstić information content (AvgIpc) is 3.19. The Morgan fingerprint density at radius 1 is 0.950 bits per heavy atom. The molecule has 11 heteroatoms. The molecular formula is C29H30F3N3O5. The number of likely N-dealkylation sites (tertiary alicyclic amines) is 1. The largest absolute Gasteiger partial charge is 0.573 e. The maximum Gasteiger partial charge on any atom is 0.573 e. The van der Waals surface area contributed by atoms with Crippen molar-refractivity contribution in [2.75, 3.05) is 13.1 Å². The Labute approximate surface area is 229 Å². The lowest BCUT2D eigenvalue weighted by atomic mass is 9.84. The van der Waals surface area contributed by atoms with Crippen LogP contribution in [0.4, 0.5) is 13.2 Å². The number of benzene rings is 2. The monoisotopic (exact) mass is 557 g/mol. The van der Waals surface area contributed by atoms with E-state index in [1.165, 1.54) is 11.0 Å². The molecule has 1 aliphatic carbocycles. The van der Waals surface area contributed by atoms with Crippen LogP contribution in [0, 0.1) is 0 Å². The highest BCUT2D eigenvalue weighted by Crippen LogP contribution is 2.40. The van der Waals surface area contributed by atoms with Crippen molar-refractivity contribution in [1.29, 1.82) is 0 Å². The number of nitrogens with one attached hydrogen (secondary N) is 1. The molecule has 4 aliphatic rings. The van der Waals surface area contributed by atoms with Gasteiger partial charge in [-0.25, -0.2) is 0 Å². The fraction of sp³-hybridized carbons (Fsp3) is 0.483. The maximum atomic E-state index is 13.0. The summed E-state index contributed by atoms with van der Waals surface area (Å²) in [5.74, 6) is -0.544. The summed E-state index contributed by atoms with van der Waals surface area (Å²) in [4.78, 5) is 40.6. The van der Waals surface area contributed by atoms with Crippen molar-refractivity contribution in [3.8, 4) is 11.5 Å². The van der Waals surface area contributed by atoms with Crippen LogP contribution in [-0.2, 0) is 16.1 Å². The fourth-order valence-electron chi connectivity index (χ4n) is 6.45. The highest BCUT2D eigenvalue weighted by atomic mass is 19.4. The summed E-state index contributed by atoms with van der Waals surface area (Å²) in [6.07, 6.45) is -0.443. The number of ether oxygens (including phenoxy) is 2. The summed E-state index contributed by atoms with van der Waals surface area (Å²) in [7, 11) is 0. The molecule has 1 N–H and O–H groups in total. The molecule has 3 atom stereocenters. The number of imide groups is 1. The molecule has 40 heavy (non-hydrogen) atoms. The van der Waals surface area contributed by atoms with Gasteiger partial charge in [-0.15, -0.1) is 13.2 Å². The van der Waals surface area contributed by atoms with Crippen LogP contribution in [0.15, 0.2) is 42.5 Å². The molecule has 2 aromatic carbocycles. The van der Waals surface area contributed by atoms with Gasteiger partial charge < -0.3 is 14.4 Å². The van der Waals surface area contributed by atoms with Gasteiger partial charge in [0.05, 0.1) is 0 Å². The van der Waals surface area contributed by atoms with Crippen LogP contribution in [-0.4, -0.2) is 65.2 Å². The molecule has 0 bridgehead atoms. The zero-order valence-electron chi connectivity index (χ0n) is 21.8. The highest BCUT2D eigenvalue weighted by molar-refractivity contribution is 6.05. The van der Waals surface area contributed by atoms with Gasteiger partial charge in [-0.3, -0.25) is 24.6 Å².